The molecule has 0 atom stereocenters. The molecule has 2 heterocycles. The van der Waals surface area contributed by atoms with Crippen LogP contribution in [0.4, 0.5) is 10.5 Å². The van der Waals surface area contributed by atoms with Gasteiger partial charge in [0, 0.05) is 71.4 Å². The summed E-state index contributed by atoms with van der Waals surface area (Å²) in [5.74, 6) is -0.0772. The summed E-state index contributed by atoms with van der Waals surface area (Å²) in [5, 5.41) is 8.93. The number of carbonyl (C=O) groups excluding carboxylic acids is 2. The Balaban J connectivity index is 1.31. The van der Waals surface area contributed by atoms with E-state index in [4.69, 9.17) is 5.11 Å². The van der Waals surface area contributed by atoms with Gasteiger partial charge in [0.15, 0.2) is 0 Å². The second-order valence-corrected chi connectivity index (χ2v) is 10.6. The number of carbonyl (C=O) groups is 3. The van der Waals surface area contributed by atoms with Crippen LogP contribution in [0.5, 0.6) is 0 Å². The first-order chi connectivity index (χ1) is 16.8. The van der Waals surface area contributed by atoms with Gasteiger partial charge in [-0.15, -0.1) is 0 Å². The van der Waals surface area contributed by atoms with Gasteiger partial charge in [0.2, 0.25) is 5.91 Å². The standard InChI is InChI=1S/C27H40N4O4/c1-28(2)25(32)13-16-29-14-11-21-6-9-24(19-22(21)12-15-29)31-18-17-30(27(31)35)23-7-3-20(4-8-23)5-10-26(33)34/h6,9,19-20,23H,3-5,7-8,10-18H2,1-2H3,(H,33,34). The summed E-state index contributed by atoms with van der Waals surface area (Å²) in [7, 11) is 3.60. The predicted octanol–water partition coefficient (Wildman–Crippen LogP) is 3.23. The quantitative estimate of drug-likeness (QED) is 0.613. The van der Waals surface area contributed by atoms with E-state index in [-0.39, 0.29) is 24.4 Å². The molecular formula is C27H40N4O4. The average Bonchev–Trinajstić information content (AvgIpc) is 3.11. The summed E-state index contributed by atoms with van der Waals surface area (Å²) in [5.41, 5.74) is 3.65. The largest absolute Gasteiger partial charge is 0.481 e. The molecule has 2 fully saturated rings. The van der Waals surface area contributed by atoms with Gasteiger partial charge in [-0.05, 0) is 74.1 Å². The van der Waals surface area contributed by atoms with Crippen LogP contribution in [0, 0.1) is 5.92 Å². The number of anilines is 1. The summed E-state index contributed by atoms with van der Waals surface area (Å²) in [4.78, 5) is 44.1. The topological polar surface area (TPSA) is 84.4 Å². The van der Waals surface area contributed by atoms with Gasteiger partial charge in [0.1, 0.15) is 0 Å². The van der Waals surface area contributed by atoms with Crippen LogP contribution in [0.1, 0.15) is 56.1 Å². The highest BCUT2D eigenvalue weighted by molar-refractivity contribution is 5.94. The third-order valence-corrected chi connectivity index (χ3v) is 8.10. The second kappa shape index (κ2) is 11.4. The molecule has 0 aromatic heterocycles. The number of urea groups is 1. The molecule has 0 radical (unpaired) electrons. The van der Waals surface area contributed by atoms with Gasteiger partial charge in [0.05, 0.1) is 0 Å². The van der Waals surface area contributed by atoms with Gasteiger partial charge in [-0.1, -0.05) is 6.07 Å². The molecule has 0 unspecified atom stereocenters. The van der Waals surface area contributed by atoms with E-state index in [0.717, 1.165) is 83.4 Å². The van der Waals surface area contributed by atoms with Crippen LogP contribution in [0.3, 0.4) is 0 Å². The Labute approximate surface area is 208 Å². The number of carboxylic acids is 1. The van der Waals surface area contributed by atoms with Gasteiger partial charge >= 0.3 is 12.0 Å². The van der Waals surface area contributed by atoms with Crippen molar-refractivity contribution in [2.45, 2.75) is 63.8 Å². The lowest BCUT2D eigenvalue weighted by Gasteiger charge is -2.34. The summed E-state index contributed by atoms with van der Waals surface area (Å²) in [6, 6.07) is 6.86. The maximum absolute atomic E-state index is 13.3. The van der Waals surface area contributed by atoms with Gasteiger partial charge in [-0.2, -0.15) is 0 Å². The molecule has 8 heteroatoms. The van der Waals surface area contributed by atoms with E-state index >= 15 is 0 Å². The lowest BCUT2D eigenvalue weighted by Crippen LogP contribution is -2.41. The molecule has 35 heavy (non-hydrogen) atoms. The smallest absolute Gasteiger partial charge is 0.324 e. The number of nitrogens with zero attached hydrogens (tertiary/aromatic N) is 4. The number of carboxylic acid groups (broad SMARTS) is 1. The minimum absolute atomic E-state index is 0.108. The fourth-order valence-corrected chi connectivity index (χ4v) is 5.83. The number of aliphatic carboxylic acids is 1. The molecule has 1 aromatic carbocycles. The molecule has 1 saturated heterocycles. The summed E-state index contributed by atoms with van der Waals surface area (Å²) in [6.07, 6.45) is 7.42. The fraction of sp³-hybridized carbons (Fsp3) is 0.667. The van der Waals surface area contributed by atoms with Crippen molar-refractivity contribution in [2.24, 2.45) is 5.92 Å². The first kappa shape index (κ1) is 25.5. The van der Waals surface area contributed by atoms with Crippen LogP contribution in [-0.2, 0) is 22.4 Å². The van der Waals surface area contributed by atoms with Gasteiger partial charge in [-0.25, -0.2) is 4.79 Å². The third-order valence-electron chi connectivity index (χ3n) is 8.10. The molecule has 0 spiro atoms. The number of hydrogen-bond donors (Lipinski definition) is 1. The number of fused-ring (bicyclic) bond motifs is 1. The Hall–Kier alpha value is -2.61. The molecule has 8 nitrogen and oxygen atoms in total. The van der Waals surface area contributed by atoms with Gasteiger partial charge in [0.25, 0.3) is 0 Å². The van der Waals surface area contributed by atoms with Crippen molar-refractivity contribution in [2.75, 3.05) is 51.7 Å². The number of hydrogen-bond acceptors (Lipinski definition) is 4. The van der Waals surface area contributed by atoms with E-state index in [9.17, 15) is 14.4 Å². The molecule has 192 valence electrons. The highest BCUT2D eigenvalue weighted by Crippen LogP contribution is 2.33. The normalized spacial score (nSPS) is 23.2. The minimum Gasteiger partial charge on any atom is -0.481 e. The first-order valence-corrected chi connectivity index (χ1v) is 13.2. The lowest BCUT2D eigenvalue weighted by atomic mass is 9.83. The molecule has 3 amide bonds. The molecule has 1 N–H and O–H groups in total. The van der Waals surface area contributed by atoms with Crippen molar-refractivity contribution in [1.82, 2.24) is 14.7 Å². The van der Waals surface area contributed by atoms with E-state index in [1.807, 2.05) is 9.80 Å². The summed E-state index contributed by atoms with van der Waals surface area (Å²) < 4.78 is 0. The average molecular weight is 485 g/mol. The zero-order chi connectivity index (χ0) is 24.9. The van der Waals surface area contributed by atoms with E-state index in [2.05, 4.69) is 23.1 Å². The predicted molar refractivity (Wildman–Crippen MR) is 136 cm³/mol. The lowest BCUT2D eigenvalue weighted by molar-refractivity contribution is -0.137. The Morgan fingerprint density at radius 1 is 0.971 bits per heavy atom. The molecule has 1 aliphatic carbocycles. The van der Waals surface area contributed by atoms with Crippen molar-refractivity contribution in [3.8, 4) is 0 Å². The Morgan fingerprint density at radius 3 is 2.37 bits per heavy atom. The maximum atomic E-state index is 13.3. The van der Waals surface area contributed by atoms with Crippen molar-refractivity contribution >= 4 is 23.6 Å². The van der Waals surface area contributed by atoms with Crippen LogP contribution in [0.25, 0.3) is 0 Å². The van der Waals surface area contributed by atoms with Crippen LogP contribution < -0.4 is 4.90 Å². The molecule has 3 aliphatic rings. The number of benzene rings is 1. The van der Waals surface area contributed by atoms with E-state index in [1.54, 1.807) is 19.0 Å². The molecule has 4 rings (SSSR count). The number of rotatable bonds is 8. The highest BCUT2D eigenvalue weighted by atomic mass is 16.4. The maximum Gasteiger partial charge on any atom is 0.324 e. The SMILES string of the molecule is CN(C)C(=O)CCN1CCc2ccc(N3CCN(C4CCC(CCC(=O)O)CC4)C3=O)cc2CC1. The summed E-state index contributed by atoms with van der Waals surface area (Å²) >= 11 is 0. The molecule has 1 aromatic rings. The monoisotopic (exact) mass is 484 g/mol. The van der Waals surface area contributed by atoms with Crippen molar-refractivity contribution in [1.29, 1.82) is 0 Å². The zero-order valence-corrected chi connectivity index (χ0v) is 21.2. The molecule has 1 saturated carbocycles. The fourth-order valence-electron chi connectivity index (χ4n) is 5.83. The zero-order valence-electron chi connectivity index (χ0n) is 21.2. The van der Waals surface area contributed by atoms with Gasteiger partial charge in [-0.3, -0.25) is 14.5 Å². The van der Waals surface area contributed by atoms with E-state index in [0.29, 0.717) is 12.3 Å². The Bertz CT molecular complexity index is 926. The van der Waals surface area contributed by atoms with Crippen molar-refractivity contribution in [3.63, 3.8) is 0 Å². The van der Waals surface area contributed by atoms with Crippen LogP contribution in [-0.4, -0.2) is 90.6 Å². The molecule has 0 bridgehead atoms. The Morgan fingerprint density at radius 2 is 1.69 bits per heavy atom. The Kier molecular flexibility index (Phi) is 8.31. The van der Waals surface area contributed by atoms with E-state index < -0.39 is 5.97 Å². The van der Waals surface area contributed by atoms with Crippen LogP contribution in [0.2, 0.25) is 0 Å². The van der Waals surface area contributed by atoms with Gasteiger partial charge < -0.3 is 19.8 Å². The third kappa shape index (κ3) is 6.34. The van der Waals surface area contributed by atoms with E-state index in [1.165, 1.54) is 11.1 Å². The molecule has 2 aliphatic heterocycles. The van der Waals surface area contributed by atoms with Crippen molar-refractivity contribution < 1.29 is 19.5 Å². The second-order valence-electron chi connectivity index (χ2n) is 10.6. The van der Waals surface area contributed by atoms with Crippen molar-refractivity contribution in [3.05, 3.63) is 29.3 Å². The first-order valence-electron chi connectivity index (χ1n) is 13.2. The van der Waals surface area contributed by atoms with Crippen LogP contribution >= 0.6 is 0 Å². The minimum atomic E-state index is -0.717. The van der Waals surface area contributed by atoms with Crippen LogP contribution in [0.15, 0.2) is 18.2 Å². The molecular weight excluding hydrogens is 444 g/mol. The summed E-state index contributed by atoms with van der Waals surface area (Å²) in [6.45, 7) is 4.15. The number of amides is 3. The highest BCUT2D eigenvalue weighted by Gasteiger charge is 2.36.